The zero-order valence-corrected chi connectivity index (χ0v) is 22.3. The van der Waals surface area contributed by atoms with Crippen molar-refractivity contribution < 1.29 is 18.8 Å². The fourth-order valence-corrected chi connectivity index (χ4v) is 3.57. The standard InChI is InChI=1S/C29H38N4O4/c1-5-7-8-20-35-25-16-14-23(15-17-25)27-21-26(32-37-27)22-10-12-24(13-11-22)28(34)36-29(30-6-2)31-18-9-19-33(3)4/h10-17,21H,5-9,18-20H2,1-4H3,(H,30,31). The van der Waals surface area contributed by atoms with E-state index in [0.29, 0.717) is 30.1 Å². The van der Waals surface area contributed by atoms with Gasteiger partial charge in [0.2, 0.25) is 0 Å². The van der Waals surface area contributed by atoms with Gasteiger partial charge >= 0.3 is 5.97 Å². The van der Waals surface area contributed by atoms with Crippen LogP contribution in [0.2, 0.25) is 0 Å². The maximum absolute atomic E-state index is 12.6. The van der Waals surface area contributed by atoms with Gasteiger partial charge in [0, 0.05) is 30.3 Å². The summed E-state index contributed by atoms with van der Waals surface area (Å²) < 4.78 is 16.8. The molecule has 0 saturated heterocycles. The van der Waals surface area contributed by atoms with Crippen molar-refractivity contribution in [3.8, 4) is 28.3 Å². The van der Waals surface area contributed by atoms with Gasteiger partial charge in [0.25, 0.3) is 6.02 Å². The Kier molecular flexibility index (Phi) is 11.2. The number of aliphatic imine (C=N–C) groups is 1. The molecule has 3 rings (SSSR count). The van der Waals surface area contributed by atoms with E-state index in [4.69, 9.17) is 14.0 Å². The lowest BCUT2D eigenvalue weighted by molar-refractivity contribution is 0.0707. The number of benzene rings is 2. The lowest BCUT2D eigenvalue weighted by Gasteiger charge is -2.10. The van der Waals surface area contributed by atoms with Crippen LogP contribution in [0.25, 0.3) is 22.6 Å². The number of esters is 1. The van der Waals surface area contributed by atoms with Crippen LogP contribution in [0.15, 0.2) is 64.1 Å². The number of nitrogens with zero attached hydrogens (tertiary/aromatic N) is 3. The van der Waals surface area contributed by atoms with Gasteiger partial charge in [-0.3, -0.25) is 0 Å². The summed E-state index contributed by atoms with van der Waals surface area (Å²) in [5.74, 6) is 1.05. The molecule has 0 radical (unpaired) electrons. The van der Waals surface area contributed by atoms with Crippen LogP contribution in [0.1, 0.15) is 49.9 Å². The average molecular weight is 507 g/mol. The molecule has 0 aliphatic carbocycles. The molecule has 0 unspecified atom stereocenters. The van der Waals surface area contributed by atoms with E-state index in [1.165, 1.54) is 12.8 Å². The second-order valence-corrected chi connectivity index (χ2v) is 9.00. The summed E-state index contributed by atoms with van der Waals surface area (Å²) in [6.07, 6.45) is 4.28. The molecular weight excluding hydrogens is 468 g/mol. The Balaban J connectivity index is 1.59. The molecule has 0 amide bonds. The molecule has 0 bridgehead atoms. The van der Waals surface area contributed by atoms with Crippen molar-refractivity contribution in [2.24, 2.45) is 4.99 Å². The molecule has 0 fully saturated rings. The zero-order chi connectivity index (χ0) is 26.5. The molecule has 0 saturated carbocycles. The van der Waals surface area contributed by atoms with E-state index < -0.39 is 5.97 Å². The zero-order valence-electron chi connectivity index (χ0n) is 22.3. The van der Waals surface area contributed by atoms with E-state index in [-0.39, 0.29) is 6.02 Å². The summed E-state index contributed by atoms with van der Waals surface area (Å²) in [6, 6.07) is 17.0. The predicted octanol–water partition coefficient (Wildman–Crippen LogP) is 5.65. The molecule has 3 aromatic rings. The van der Waals surface area contributed by atoms with Crippen LogP contribution in [0.4, 0.5) is 0 Å². The number of nitrogens with one attached hydrogen (secondary N) is 1. The first-order chi connectivity index (χ1) is 18.0. The quantitative estimate of drug-likeness (QED) is 0.139. The third-order valence-electron chi connectivity index (χ3n) is 5.62. The third-order valence-corrected chi connectivity index (χ3v) is 5.62. The molecule has 2 aromatic carbocycles. The van der Waals surface area contributed by atoms with Gasteiger partial charge in [0.1, 0.15) is 11.4 Å². The Morgan fingerprint density at radius 1 is 1.00 bits per heavy atom. The molecule has 0 aliphatic heterocycles. The number of unbranched alkanes of at least 4 members (excludes halogenated alkanes) is 2. The topological polar surface area (TPSA) is 89.2 Å². The van der Waals surface area contributed by atoms with Gasteiger partial charge < -0.3 is 24.2 Å². The lowest BCUT2D eigenvalue weighted by atomic mass is 10.1. The van der Waals surface area contributed by atoms with Crippen LogP contribution in [-0.2, 0) is 4.74 Å². The lowest BCUT2D eigenvalue weighted by Crippen LogP contribution is -2.29. The molecule has 1 heterocycles. The molecular formula is C29H38N4O4. The minimum Gasteiger partial charge on any atom is -0.494 e. The van der Waals surface area contributed by atoms with Crippen molar-refractivity contribution in [1.29, 1.82) is 0 Å². The van der Waals surface area contributed by atoms with Crippen LogP contribution in [0, 0.1) is 0 Å². The van der Waals surface area contributed by atoms with E-state index in [0.717, 1.165) is 42.9 Å². The van der Waals surface area contributed by atoms with Crippen molar-refractivity contribution >= 4 is 12.0 Å². The summed E-state index contributed by atoms with van der Waals surface area (Å²) in [5, 5.41) is 7.21. The van der Waals surface area contributed by atoms with E-state index in [2.05, 4.69) is 27.3 Å². The predicted molar refractivity (Wildman–Crippen MR) is 147 cm³/mol. The second-order valence-electron chi connectivity index (χ2n) is 9.00. The maximum atomic E-state index is 12.6. The summed E-state index contributed by atoms with van der Waals surface area (Å²) in [6.45, 7) is 6.94. The summed E-state index contributed by atoms with van der Waals surface area (Å²) in [4.78, 5) is 19.1. The van der Waals surface area contributed by atoms with Gasteiger partial charge in [-0.15, -0.1) is 0 Å². The van der Waals surface area contributed by atoms with Gasteiger partial charge in [-0.25, -0.2) is 9.79 Å². The van der Waals surface area contributed by atoms with Crippen LogP contribution in [-0.4, -0.2) is 62.4 Å². The average Bonchev–Trinajstić information content (AvgIpc) is 3.40. The largest absolute Gasteiger partial charge is 0.494 e. The Morgan fingerprint density at radius 3 is 2.41 bits per heavy atom. The van der Waals surface area contributed by atoms with Gasteiger partial charge in [0.15, 0.2) is 5.76 Å². The van der Waals surface area contributed by atoms with Gasteiger partial charge in [-0.1, -0.05) is 37.1 Å². The Morgan fingerprint density at radius 2 is 1.73 bits per heavy atom. The fourth-order valence-electron chi connectivity index (χ4n) is 3.57. The number of hydrogen-bond acceptors (Lipinski definition) is 7. The molecule has 1 aromatic heterocycles. The van der Waals surface area contributed by atoms with Crippen molar-refractivity contribution in [2.45, 2.75) is 39.5 Å². The van der Waals surface area contributed by atoms with Crippen molar-refractivity contribution in [3.05, 3.63) is 60.2 Å². The van der Waals surface area contributed by atoms with E-state index in [1.54, 1.807) is 12.1 Å². The Labute approximate surface area is 219 Å². The Bertz CT molecular complexity index is 1120. The van der Waals surface area contributed by atoms with Crippen molar-refractivity contribution in [1.82, 2.24) is 15.4 Å². The van der Waals surface area contributed by atoms with Crippen LogP contribution < -0.4 is 10.1 Å². The van der Waals surface area contributed by atoms with E-state index in [9.17, 15) is 4.79 Å². The molecule has 198 valence electrons. The highest BCUT2D eigenvalue weighted by molar-refractivity contribution is 5.98. The van der Waals surface area contributed by atoms with E-state index >= 15 is 0 Å². The Hall–Kier alpha value is -3.65. The molecule has 0 spiro atoms. The smallest absolute Gasteiger partial charge is 0.345 e. The molecule has 8 heteroatoms. The maximum Gasteiger partial charge on any atom is 0.345 e. The summed E-state index contributed by atoms with van der Waals surface area (Å²) in [5.41, 5.74) is 2.87. The monoisotopic (exact) mass is 506 g/mol. The first-order valence-electron chi connectivity index (χ1n) is 13.0. The van der Waals surface area contributed by atoms with Gasteiger partial charge in [-0.2, -0.15) is 0 Å². The summed E-state index contributed by atoms with van der Waals surface area (Å²) in [7, 11) is 4.03. The highest BCUT2D eigenvalue weighted by Gasteiger charge is 2.13. The minimum absolute atomic E-state index is 0.244. The summed E-state index contributed by atoms with van der Waals surface area (Å²) >= 11 is 0. The molecule has 0 atom stereocenters. The highest BCUT2D eigenvalue weighted by Crippen LogP contribution is 2.27. The van der Waals surface area contributed by atoms with Crippen LogP contribution in [0.3, 0.4) is 0 Å². The SMILES string of the molecule is CCCCCOc1ccc(-c2cc(-c3ccc(C(=O)OC(=NCCCN(C)C)NCC)cc3)no2)cc1. The van der Waals surface area contributed by atoms with E-state index in [1.807, 2.05) is 63.5 Å². The minimum atomic E-state index is -0.461. The van der Waals surface area contributed by atoms with Gasteiger partial charge in [-0.05, 0) is 76.8 Å². The normalized spacial score (nSPS) is 11.5. The molecule has 37 heavy (non-hydrogen) atoms. The first-order valence-corrected chi connectivity index (χ1v) is 13.0. The number of hydrogen-bond donors (Lipinski definition) is 1. The van der Waals surface area contributed by atoms with Crippen LogP contribution >= 0.6 is 0 Å². The molecule has 8 nitrogen and oxygen atoms in total. The molecule has 1 N–H and O–H groups in total. The van der Waals surface area contributed by atoms with Gasteiger partial charge in [0.05, 0.1) is 12.2 Å². The van der Waals surface area contributed by atoms with Crippen molar-refractivity contribution in [3.63, 3.8) is 0 Å². The van der Waals surface area contributed by atoms with Crippen molar-refractivity contribution in [2.75, 3.05) is 40.3 Å². The van der Waals surface area contributed by atoms with Crippen LogP contribution in [0.5, 0.6) is 5.75 Å². The number of ether oxygens (including phenoxy) is 2. The highest BCUT2D eigenvalue weighted by atomic mass is 16.6. The number of aromatic nitrogens is 1. The molecule has 0 aliphatic rings. The third kappa shape index (κ3) is 9.06. The number of carbonyl (C=O) groups excluding carboxylic acids is 1. The fraction of sp³-hybridized carbons (Fsp3) is 0.414. The first kappa shape index (κ1) is 27.9. The number of amidine groups is 1. The number of carbonyl (C=O) groups is 1. The second kappa shape index (κ2) is 14.8. The number of rotatable bonds is 13.